The average molecular weight is 351 g/mol. The van der Waals surface area contributed by atoms with Gasteiger partial charge in [-0.05, 0) is 11.8 Å². The summed E-state index contributed by atoms with van der Waals surface area (Å²) in [6.45, 7) is 4.69. The highest BCUT2D eigenvalue weighted by Crippen LogP contribution is 2.35. The lowest BCUT2D eigenvalue weighted by atomic mass is 9.76. The van der Waals surface area contributed by atoms with Gasteiger partial charge >= 0.3 is 0 Å². The lowest BCUT2D eigenvalue weighted by molar-refractivity contribution is 0.218. The van der Waals surface area contributed by atoms with E-state index in [0.29, 0.717) is 0 Å². The maximum Gasteiger partial charge on any atom is -0.0386 e. The smallest absolute Gasteiger partial charge is 0.0386 e. The van der Waals surface area contributed by atoms with Gasteiger partial charge in [-0.15, -0.1) is 0 Å². The quantitative estimate of drug-likeness (QED) is 0.229. The van der Waals surface area contributed by atoms with E-state index in [-0.39, 0.29) is 0 Å². The van der Waals surface area contributed by atoms with Gasteiger partial charge in [-0.25, -0.2) is 0 Å². The van der Waals surface area contributed by atoms with Crippen LogP contribution in [0.5, 0.6) is 0 Å². The molecule has 0 N–H and O–H groups in total. The van der Waals surface area contributed by atoms with E-state index >= 15 is 0 Å². The average Bonchev–Trinajstić information content (AvgIpc) is 2.65. The maximum absolute atomic E-state index is 2.39. The Bertz CT molecular complexity index is 251. The van der Waals surface area contributed by atoms with Crippen LogP contribution in [0.2, 0.25) is 0 Å². The molecule has 1 saturated carbocycles. The Labute approximate surface area is 160 Å². The van der Waals surface area contributed by atoms with Crippen molar-refractivity contribution < 1.29 is 0 Å². The molecule has 1 atom stereocenters. The molecule has 0 heteroatoms. The molecule has 150 valence electrons. The van der Waals surface area contributed by atoms with Crippen LogP contribution < -0.4 is 0 Å². The predicted octanol–water partition coefficient (Wildman–Crippen LogP) is 9.46. The van der Waals surface area contributed by atoms with Crippen molar-refractivity contribution in [2.75, 3.05) is 0 Å². The maximum atomic E-state index is 2.39. The highest BCUT2D eigenvalue weighted by molar-refractivity contribution is 4.74. The fourth-order valence-electron chi connectivity index (χ4n) is 5.02. The van der Waals surface area contributed by atoms with Crippen molar-refractivity contribution in [2.24, 2.45) is 11.8 Å². The molecule has 0 aliphatic heterocycles. The van der Waals surface area contributed by atoms with E-state index in [4.69, 9.17) is 0 Å². The van der Waals surface area contributed by atoms with Crippen LogP contribution in [0.25, 0.3) is 0 Å². The third-order valence-corrected chi connectivity index (χ3v) is 6.65. The van der Waals surface area contributed by atoms with E-state index in [1.807, 2.05) is 0 Å². The summed E-state index contributed by atoms with van der Waals surface area (Å²) in [6, 6.07) is 0. The van der Waals surface area contributed by atoms with Crippen LogP contribution in [0.4, 0.5) is 0 Å². The molecular weight excluding hydrogens is 300 g/mol. The van der Waals surface area contributed by atoms with E-state index in [1.165, 1.54) is 122 Å². The third kappa shape index (κ3) is 12.9. The van der Waals surface area contributed by atoms with Gasteiger partial charge < -0.3 is 0 Å². The first kappa shape index (κ1) is 23.0. The second-order valence-electron chi connectivity index (χ2n) is 8.98. The van der Waals surface area contributed by atoms with Gasteiger partial charge in [0.25, 0.3) is 0 Å². The highest BCUT2D eigenvalue weighted by atomic mass is 14.3. The van der Waals surface area contributed by atoms with Crippen molar-refractivity contribution in [3.8, 4) is 0 Å². The van der Waals surface area contributed by atoms with Crippen molar-refractivity contribution in [2.45, 2.75) is 149 Å². The summed E-state index contributed by atoms with van der Waals surface area (Å²) in [5.74, 6) is 2.16. The Morgan fingerprint density at radius 3 is 1.48 bits per heavy atom. The normalized spacial score (nSPS) is 17.0. The topological polar surface area (TPSA) is 0 Å². The SMILES string of the molecule is CCCCCCCCCCCCCCCC(CCC)C1CCCCC1. The van der Waals surface area contributed by atoms with Crippen LogP contribution in [0.1, 0.15) is 149 Å². The minimum absolute atomic E-state index is 1.07. The lowest BCUT2D eigenvalue weighted by Gasteiger charge is -2.30. The highest BCUT2D eigenvalue weighted by Gasteiger charge is 2.22. The monoisotopic (exact) mass is 350 g/mol. The van der Waals surface area contributed by atoms with Gasteiger partial charge in [-0.3, -0.25) is 0 Å². The van der Waals surface area contributed by atoms with E-state index in [0.717, 1.165) is 11.8 Å². The van der Waals surface area contributed by atoms with Crippen LogP contribution in [0.3, 0.4) is 0 Å². The van der Waals surface area contributed by atoms with Crippen LogP contribution in [0, 0.1) is 11.8 Å². The predicted molar refractivity (Wildman–Crippen MR) is 115 cm³/mol. The molecule has 0 aromatic rings. The molecule has 0 radical (unpaired) electrons. The summed E-state index contributed by atoms with van der Waals surface area (Å²) >= 11 is 0. The molecule has 0 saturated heterocycles. The lowest BCUT2D eigenvalue weighted by Crippen LogP contribution is -2.18. The zero-order valence-corrected chi connectivity index (χ0v) is 18.0. The molecule has 0 bridgehead atoms. The van der Waals surface area contributed by atoms with E-state index in [9.17, 15) is 0 Å². The molecule has 1 aliphatic rings. The number of hydrogen-bond acceptors (Lipinski definition) is 0. The zero-order valence-electron chi connectivity index (χ0n) is 18.0. The van der Waals surface area contributed by atoms with Crippen LogP contribution in [-0.2, 0) is 0 Å². The summed E-state index contributed by atoms with van der Waals surface area (Å²) < 4.78 is 0. The molecule has 0 aromatic heterocycles. The van der Waals surface area contributed by atoms with Gasteiger partial charge in [-0.2, -0.15) is 0 Å². The Morgan fingerprint density at radius 2 is 1.00 bits per heavy atom. The van der Waals surface area contributed by atoms with E-state index in [1.54, 1.807) is 12.8 Å². The minimum Gasteiger partial charge on any atom is -0.0654 e. The molecule has 1 rings (SSSR count). The van der Waals surface area contributed by atoms with Crippen molar-refractivity contribution in [3.63, 3.8) is 0 Å². The van der Waals surface area contributed by atoms with Gasteiger partial charge in [0.15, 0.2) is 0 Å². The van der Waals surface area contributed by atoms with Gasteiger partial charge in [-0.1, -0.05) is 149 Å². The van der Waals surface area contributed by atoms with Gasteiger partial charge in [0.1, 0.15) is 0 Å². The van der Waals surface area contributed by atoms with E-state index in [2.05, 4.69) is 13.8 Å². The Kier molecular flexibility index (Phi) is 16.1. The molecule has 1 unspecified atom stereocenters. The van der Waals surface area contributed by atoms with Gasteiger partial charge in [0.05, 0.1) is 0 Å². The van der Waals surface area contributed by atoms with Gasteiger partial charge in [0.2, 0.25) is 0 Å². The summed E-state index contributed by atoms with van der Waals surface area (Å²) in [5, 5.41) is 0. The zero-order chi connectivity index (χ0) is 18.0. The molecule has 25 heavy (non-hydrogen) atoms. The number of rotatable bonds is 17. The van der Waals surface area contributed by atoms with E-state index < -0.39 is 0 Å². The molecule has 0 amide bonds. The number of hydrogen-bond donors (Lipinski definition) is 0. The molecule has 0 nitrogen and oxygen atoms in total. The summed E-state index contributed by atoms with van der Waals surface area (Å²) in [6.07, 6.45) is 31.3. The standard InChI is InChI=1S/C25H50/c1-3-5-6-7-8-9-10-11-12-13-14-15-17-21-24(20-4-2)25-22-18-16-19-23-25/h24-25H,3-23H2,1-2H3. The Balaban J connectivity index is 1.88. The first-order chi connectivity index (χ1) is 12.4. The summed E-state index contributed by atoms with van der Waals surface area (Å²) in [5.41, 5.74) is 0. The first-order valence-electron chi connectivity index (χ1n) is 12.4. The molecule has 0 spiro atoms. The minimum atomic E-state index is 1.07. The first-order valence-corrected chi connectivity index (χ1v) is 12.4. The van der Waals surface area contributed by atoms with Gasteiger partial charge in [0, 0.05) is 0 Å². The van der Waals surface area contributed by atoms with Crippen molar-refractivity contribution in [1.29, 1.82) is 0 Å². The van der Waals surface area contributed by atoms with Crippen molar-refractivity contribution >= 4 is 0 Å². The molecule has 1 aliphatic carbocycles. The van der Waals surface area contributed by atoms with Crippen LogP contribution in [0.15, 0.2) is 0 Å². The Hall–Kier alpha value is 0. The third-order valence-electron chi connectivity index (χ3n) is 6.65. The fourth-order valence-corrected chi connectivity index (χ4v) is 5.02. The molecule has 1 fully saturated rings. The fraction of sp³-hybridized carbons (Fsp3) is 1.00. The Morgan fingerprint density at radius 1 is 0.520 bits per heavy atom. The molecule has 0 heterocycles. The summed E-state index contributed by atoms with van der Waals surface area (Å²) in [4.78, 5) is 0. The summed E-state index contributed by atoms with van der Waals surface area (Å²) in [7, 11) is 0. The van der Waals surface area contributed by atoms with Crippen molar-refractivity contribution in [3.05, 3.63) is 0 Å². The largest absolute Gasteiger partial charge is 0.0654 e. The van der Waals surface area contributed by atoms with Crippen LogP contribution >= 0.6 is 0 Å². The molecule has 0 aromatic carbocycles. The second kappa shape index (κ2) is 17.4. The number of unbranched alkanes of at least 4 members (excludes halogenated alkanes) is 12. The second-order valence-corrected chi connectivity index (χ2v) is 8.98. The van der Waals surface area contributed by atoms with Crippen molar-refractivity contribution in [1.82, 2.24) is 0 Å². The molecular formula is C25H50. The van der Waals surface area contributed by atoms with Crippen LogP contribution in [-0.4, -0.2) is 0 Å².